The third kappa shape index (κ3) is 3.39. The van der Waals surface area contributed by atoms with Crippen LogP contribution in [0.15, 0.2) is 0 Å². The van der Waals surface area contributed by atoms with E-state index in [1.807, 2.05) is 11.8 Å². The summed E-state index contributed by atoms with van der Waals surface area (Å²) in [5, 5.41) is 2.07. The standard InChI is InChI=1S/C6H12OSSe/c7-9-5-1-3-8-4-2-6-9/h1-6H2. The first kappa shape index (κ1) is 7.77. The van der Waals surface area contributed by atoms with Gasteiger partial charge in [0.05, 0.1) is 0 Å². The summed E-state index contributed by atoms with van der Waals surface area (Å²) < 4.78 is 11.0. The summed E-state index contributed by atoms with van der Waals surface area (Å²) in [4.78, 5) is 0. The van der Waals surface area contributed by atoms with Crippen molar-refractivity contribution in [2.24, 2.45) is 0 Å². The van der Waals surface area contributed by atoms with Gasteiger partial charge in [-0.2, -0.15) is 0 Å². The van der Waals surface area contributed by atoms with Crippen molar-refractivity contribution in [1.29, 1.82) is 0 Å². The molecule has 0 spiro atoms. The molecule has 0 bridgehead atoms. The van der Waals surface area contributed by atoms with Crippen molar-refractivity contribution in [1.82, 2.24) is 0 Å². The number of hydrogen-bond acceptors (Lipinski definition) is 2. The molecule has 0 N–H and O–H groups in total. The van der Waals surface area contributed by atoms with Gasteiger partial charge in [0.15, 0.2) is 0 Å². The molecule has 1 nitrogen and oxygen atoms in total. The SMILES string of the molecule is O=[Se]1CCCSCCC1. The van der Waals surface area contributed by atoms with Crippen LogP contribution in [0.25, 0.3) is 0 Å². The quantitative estimate of drug-likeness (QED) is 0.569. The molecule has 0 aromatic rings. The number of rotatable bonds is 0. The Balaban J connectivity index is 2.20. The Bertz CT molecular complexity index is 95.2. The van der Waals surface area contributed by atoms with Crippen LogP contribution in [0.1, 0.15) is 12.8 Å². The van der Waals surface area contributed by atoms with Crippen LogP contribution < -0.4 is 0 Å². The van der Waals surface area contributed by atoms with Gasteiger partial charge in [-0.25, -0.2) is 0 Å². The minimum atomic E-state index is -1.31. The Morgan fingerprint density at radius 1 is 1.11 bits per heavy atom. The third-order valence-corrected chi connectivity index (χ3v) is 5.60. The molecule has 0 unspecified atom stereocenters. The molecule has 1 aliphatic heterocycles. The Morgan fingerprint density at radius 3 is 2.22 bits per heavy atom. The Morgan fingerprint density at radius 2 is 1.67 bits per heavy atom. The summed E-state index contributed by atoms with van der Waals surface area (Å²) in [6, 6.07) is 0. The van der Waals surface area contributed by atoms with Gasteiger partial charge >= 0.3 is 64.4 Å². The molecule has 0 atom stereocenters. The first-order valence-corrected chi connectivity index (χ1v) is 7.60. The van der Waals surface area contributed by atoms with Gasteiger partial charge in [0.25, 0.3) is 0 Å². The van der Waals surface area contributed by atoms with E-state index in [9.17, 15) is 3.83 Å². The van der Waals surface area contributed by atoms with E-state index in [1.165, 1.54) is 24.3 Å². The molecule has 0 amide bonds. The van der Waals surface area contributed by atoms with E-state index >= 15 is 0 Å². The van der Waals surface area contributed by atoms with Crippen molar-refractivity contribution >= 4 is 25.6 Å². The first-order chi connectivity index (χ1) is 4.39. The van der Waals surface area contributed by atoms with E-state index in [-0.39, 0.29) is 0 Å². The van der Waals surface area contributed by atoms with E-state index in [1.54, 1.807) is 0 Å². The summed E-state index contributed by atoms with van der Waals surface area (Å²) in [7, 11) is 0. The van der Waals surface area contributed by atoms with Crippen molar-refractivity contribution in [3.05, 3.63) is 0 Å². The van der Waals surface area contributed by atoms with Gasteiger partial charge in [0, 0.05) is 0 Å². The van der Waals surface area contributed by atoms with Gasteiger partial charge in [-0.05, 0) is 0 Å². The average Bonchev–Trinajstić information content (AvgIpc) is 1.79. The molecule has 1 fully saturated rings. The Labute approximate surface area is 64.7 Å². The Kier molecular flexibility index (Phi) is 3.87. The van der Waals surface area contributed by atoms with Crippen LogP contribution in [0.4, 0.5) is 0 Å². The summed E-state index contributed by atoms with van der Waals surface area (Å²) >= 11 is 0.699. The van der Waals surface area contributed by atoms with Gasteiger partial charge in [-0.15, -0.1) is 0 Å². The molecule has 9 heavy (non-hydrogen) atoms. The fourth-order valence-corrected chi connectivity index (χ4v) is 4.96. The molecule has 0 radical (unpaired) electrons. The molecule has 1 aliphatic rings. The fourth-order valence-electron chi connectivity index (χ4n) is 0.848. The molecular formula is C6H12OSSe. The van der Waals surface area contributed by atoms with Crippen molar-refractivity contribution in [2.75, 3.05) is 11.5 Å². The third-order valence-electron chi connectivity index (χ3n) is 1.32. The molecule has 0 aromatic heterocycles. The molecule has 54 valence electrons. The second kappa shape index (κ2) is 4.48. The van der Waals surface area contributed by atoms with E-state index in [0.29, 0.717) is 0 Å². The predicted molar refractivity (Wildman–Crippen MR) is 42.6 cm³/mol. The number of thioether (sulfide) groups is 1. The zero-order chi connectivity index (χ0) is 6.53. The number of hydrogen-bond donors (Lipinski definition) is 0. The summed E-state index contributed by atoms with van der Waals surface area (Å²) in [5.41, 5.74) is 0. The van der Waals surface area contributed by atoms with Crippen LogP contribution in [0.5, 0.6) is 0 Å². The summed E-state index contributed by atoms with van der Waals surface area (Å²) in [6.45, 7) is 0. The molecule has 1 rings (SSSR count). The van der Waals surface area contributed by atoms with Crippen LogP contribution in [0, 0.1) is 0 Å². The predicted octanol–water partition coefficient (Wildman–Crippen LogP) is 1.94. The van der Waals surface area contributed by atoms with Gasteiger partial charge < -0.3 is 0 Å². The maximum atomic E-state index is 11.0. The van der Waals surface area contributed by atoms with Gasteiger partial charge in [0.2, 0.25) is 0 Å². The fraction of sp³-hybridized carbons (Fsp3) is 1.00. The molecule has 0 aliphatic carbocycles. The average molecular weight is 211 g/mol. The van der Waals surface area contributed by atoms with Gasteiger partial charge in [-0.3, -0.25) is 0 Å². The van der Waals surface area contributed by atoms with Crippen molar-refractivity contribution in [2.45, 2.75) is 23.5 Å². The van der Waals surface area contributed by atoms with Crippen molar-refractivity contribution in [3.8, 4) is 0 Å². The van der Waals surface area contributed by atoms with Gasteiger partial charge in [-0.1, -0.05) is 0 Å². The second-order valence-corrected chi connectivity index (χ2v) is 6.95. The molecule has 0 aromatic carbocycles. The first-order valence-electron chi connectivity index (χ1n) is 3.32. The zero-order valence-electron chi connectivity index (χ0n) is 5.47. The van der Waals surface area contributed by atoms with Gasteiger partial charge in [0.1, 0.15) is 0 Å². The summed E-state index contributed by atoms with van der Waals surface area (Å²) in [6.07, 6.45) is 2.39. The van der Waals surface area contributed by atoms with Crippen LogP contribution in [-0.2, 0) is 3.83 Å². The van der Waals surface area contributed by atoms with E-state index in [4.69, 9.17) is 0 Å². The zero-order valence-corrected chi connectivity index (χ0v) is 8.00. The molecule has 1 saturated heterocycles. The minimum absolute atomic E-state index is 1.03. The topological polar surface area (TPSA) is 17.1 Å². The maximum absolute atomic E-state index is 11.0. The monoisotopic (exact) mass is 212 g/mol. The molecule has 3 heteroatoms. The van der Waals surface area contributed by atoms with E-state index < -0.39 is 13.8 Å². The molecule has 0 saturated carbocycles. The van der Waals surface area contributed by atoms with Crippen molar-refractivity contribution < 1.29 is 3.83 Å². The van der Waals surface area contributed by atoms with E-state index in [0.717, 1.165) is 10.6 Å². The Hall–Kier alpha value is 0.669. The van der Waals surface area contributed by atoms with Crippen LogP contribution >= 0.6 is 11.8 Å². The van der Waals surface area contributed by atoms with Crippen LogP contribution in [0.2, 0.25) is 10.6 Å². The van der Waals surface area contributed by atoms with Crippen LogP contribution in [0.3, 0.4) is 0 Å². The molecular weight excluding hydrogens is 199 g/mol. The van der Waals surface area contributed by atoms with Crippen LogP contribution in [-0.4, -0.2) is 25.3 Å². The normalized spacial score (nSPS) is 24.9. The van der Waals surface area contributed by atoms with Crippen molar-refractivity contribution in [3.63, 3.8) is 0 Å². The molecule has 1 heterocycles. The second-order valence-electron chi connectivity index (χ2n) is 2.17. The van der Waals surface area contributed by atoms with E-state index in [2.05, 4.69) is 0 Å². The summed E-state index contributed by atoms with van der Waals surface area (Å²) in [5.74, 6) is 2.48.